The monoisotopic (exact) mass is 281 g/mol. The molecular formula is C14H20FN3O2. The minimum absolute atomic E-state index is 0.253. The Labute approximate surface area is 117 Å². The third kappa shape index (κ3) is 4.47. The maximum Gasteiger partial charge on any atom is 0.251 e. The number of carbonyl (C=O) groups excluding carboxylic acids is 1. The molecule has 1 aliphatic heterocycles. The van der Waals surface area contributed by atoms with Crippen molar-refractivity contribution in [3.05, 3.63) is 29.6 Å². The molecule has 0 unspecified atom stereocenters. The zero-order valence-corrected chi connectivity index (χ0v) is 11.4. The van der Waals surface area contributed by atoms with Gasteiger partial charge in [-0.05, 0) is 31.2 Å². The Morgan fingerprint density at radius 2 is 2.10 bits per heavy atom. The summed E-state index contributed by atoms with van der Waals surface area (Å²) in [4.78, 5) is 14.1. The lowest BCUT2D eigenvalue weighted by Gasteiger charge is -2.26. The van der Waals surface area contributed by atoms with E-state index in [-0.39, 0.29) is 17.2 Å². The number of nitrogen functional groups attached to an aromatic ring is 1. The topological polar surface area (TPSA) is 67.6 Å². The van der Waals surface area contributed by atoms with Crippen LogP contribution in [0.3, 0.4) is 0 Å². The molecule has 3 N–H and O–H groups in total. The molecule has 1 saturated heterocycles. The van der Waals surface area contributed by atoms with Crippen molar-refractivity contribution >= 4 is 11.6 Å². The van der Waals surface area contributed by atoms with Crippen LogP contribution in [0.5, 0.6) is 0 Å². The second-order valence-corrected chi connectivity index (χ2v) is 4.84. The quantitative estimate of drug-likeness (QED) is 0.620. The summed E-state index contributed by atoms with van der Waals surface area (Å²) in [5.74, 6) is -0.790. The van der Waals surface area contributed by atoms with E-state index in [9.17, 15) is 9.18 Å². The number of morpholine rings is 1. The molecule has 1 amide bonds. The van der Waals surface area contributed by atoms with E-state index in [0.29, 0.717) is 6.54 Å². The van der Waals surface area contributed by atoms with E-state index in [1.165, 1.54) is 18.2 Å². The number of hydrogen-bond acceptors (Lipinski definition) is 4. The van der Waals surface area contributed by atoms with Gasteiger partial charge >= 0.3 is 0 Å². The van der Waals surface area contributed by atoms with Gasteiger partial charge in [0, 0.05) is 30.9 Å². The molecule has 0 bridgehead atoms. The lowest BCUT2D eigenvalue weighted by Crippen LogP contribution is -2.38. The standard InChI is InChI=1S/C14H20FN3O2/c15-12-8-11(9-13(16)10-12)14(19)17-2-1-3-18-4-6-20-7-5-18/h8-10H,1-7,16H2,(H,17,19). The average molecular weight is 281 g/mol. The molecule has 5 nitrogen and oxygen atoms in total. The van der Waals surface area contributed by atoms with Crippen molar-refractivity contribution in [2.75, 3.05) is 45.1 Å². The fourth-order valence-corrected chi connectivity index (χ4v) is 2.17. The van der Waals surface area contributed by atoms with Gasteiger partial charge in [-0.25, -0.2) is 4.39 Å². The van der Waals surface area contributed by atoms with Gasteiger partial charge in [0.15, 0.2) is 0 Å². The summed E-state index contributed by atoms with van der Waals surface area (Å²) in [5.41, 5.74) is 6.02. The molecule has 20 heavy (non-hydrogen) atoms. The molecule has 1 fully saturated rings. The lowest BCUT2D eigenvalue weighted by atomic mass is 10.2. The second-order valence-electron chi connectivity index (χ2n) is 4.84. The maximum atomic E-state index is 13.1. The van der Waals surface area contributed by atoms with Crippen LogP contribution in [0.2, 0.25) is 0 Å². The fraction of sp³-hybridized carbons (Fsp3) is 0.500. The fourth-order valence-electron chi connectivity index (χ4n) is 2.17. The van der Waals surface area contributed by atoms with E-state index >= 15 is 0 Å². The van der Waals surface area contributed by atoms with Crippen LogP contribution in [0.1, 0.15) is 16.8 Å². The molecule has 0 saturated carbocycles. The molecule has 1 aromatic carbocycles. The number of anilines is 1. The van der Waals surface area contributed by atoms with Crippen molar-refractivity contribution in [2.24, 2.45) is 0 Å². The Morgan fingerprint density at radius 3 is 2.80 bits per heavy atom. The van der Waals surface area contributed by atoms with Crippen LogP contribution in [-0.4, -0.2) is 50.2 Å². The Hall–Kier alpha value is -1.66. The molecule has 0 atom stereocenters. The van der Waals surface area contributed by atoms with Crippen LogP contribution in [-0.2, 0) is 4.74 Å². The zero-order chi connectivity index (χ0) is 14.4. The summed E-state index contributed by atoms with van der Waals surface area (Å²) in [6, 6.07) is 3.85. The normalized spacial score (nSPS) is 16.1. The van der Waals surface area contributed by atoms with Gasteiger partial charge in [-0.2, -0.15) is 0 Å². The van der Waals surface area contributed by atoms with Crippen LogP contribution in [0.15, 0.2) is 18.2 Å². The Bertz CT molecular complexity index is 441. The van der Waals surface area contributed by atoms with Crippen LogP contribution in [0.4, 0.5) is 10.1 Å². The minimum Gasteiger partial charge on any atom is -0.399 e. The van der Waals surface area contributed by atoms with Gasteiger partial charge < -0.3 is 15.8 Å². The summed E-state index contributed by atoms with van der Waals surface area (Å²) in [6.07, 6.45) is 0.858. The highest BCUT2D eigenvalue weighted by molar-refractivity contribution is 5.95. The summed E-state index contributed by atoms with van der Waals surface area (Å²) in [7, 11) is 0. The maximum absolute atomic E-state index is 13.1. The number of benzene rings is 1. The molecule has 0 aromatic heterocycles. The minimum atomic E-state index is -0.497. The Morgan fingerprint density at radius 1 is 1.35 bits per heavy atom. The van der Waals surface area contributed by atoms with Crippen LogP contribution in [0.25, 0.3) is 0 Å². The third-order valence-electron chi connectivity index (χ3n) is 3.22. The van der Waals surface area contributed by atoms with Gasteiger partial charge in [-0.1, -0.05) is 0 Å². The largest absolute Gasteiger partial charge is 0.399 e. The SMILES string of the molecule is Nc1cc(F)cc(C(=O)NCCCN2CCOCC2)c1. The van der Waals surface area contributed by atoms with E-state index in [1.54, 1.807) is 0 Å². The molecular weight excluding hydrogens is 261 g/mol. The van der Waals surface area contributed by atoms with E-state index in [1.807, 2.05) is 0 Å². The van der Waals surface area contributed by atoms with Gasteiger partial charge in [0.1, 0.15) is 5.82 Å². The number of halogens is 1. The molecule has 6 heteroatoms. The molecule has 2 rings (SSSR count). The Kier molecular flexibility index (Phi) is 5.31. The summed E-state index contributed by atoms with van der Waals surface area (Å²) >= 11 is 0. The first-order valence-electron chi connectivity index (χ1n) is 6.79. The first kappa shape index (κ1) is 14.7. The number of ether oxygens (including phenoxy) is 1. The average Bonchev–Trinajstić information content (AvgIpc) is 2.43. The molecule has 1 aliphatic rings. The first-order valence-corrected chi connectivity index (χ1v) is 6.79. The molecule has 1 heterocycles. The van der Waals surface area contributed by atoms with Gasteiger partial charge in [0.05, 0.1) is 13.2 Å². The zero-order valence-electron chi connectivity index (χ0n) is 11.4. The Balaban J connectivity index is 1.71. The second kappa shape index (κ2) is 7.21. The summed E-state index contributed by atoms with van der Waals surface area (Å²) in [5, 5.41) is 2.77. The van der Waals surface area contributed by atoms with Gasteiger partial charge in [0.25, 0.3) is 5.91 Å². The number of nitrogens with one attached hydrogen (secondary N) is 1. The first-order chi connectivity index (χ1) is 9.65. The third-order valence-corrected chi connectivity index (χ3v) is 3.22. The predicted molar refractivity (Wildman–Crippen MR) is 75.0 cm³/mol. The predicted octanol–water partition coefficient (Wildman–Crippen LogP) is 0.860. The van der Waals surface area contributed by atoms with E-state index in [2.05, 4.69) is 10.2 Å². The van der Waals surface area contributed by atoms with E-state index < -0.39 is 5.82 Å². The number of nitrogens with two attached hydrogens (primary N) is 1. The van der Waals surface area contributed by atoms with Crippen molar-refractivity contribution in [1.82, 2.24) is 10.2 Å². The number of rotatable bonds is 5. The molecule has 1 aromatic rings. The lowest BCUT2D eigenvalue weighted by molar-refractivity contribution is 0.0374. The van der Waals surface area contributed by atoms with E-state index in [0.717, 1.165) is 39.3 Å². The highest BCUT2D eigenvalue weighted by atomic mass is 19.1. The van der Waals surface area contributed by atoms with E-state index in [4.69, 9.17) is 10.5 Å². The van der Waals surface area contributed by atoms with Crippen molar-refractivity contribution < 1.29 is 13.9 Å². The van der Waals surface area contributed by atoms with Crippen molar-refractivity contribution in [3.63, 3.8) is 0 Å². The van der Waals surface area contributed by atoms with Crippen molar-refractivity contribution in [1.29, 1.82) is 0 Å². The summed E-state index contributed by atoms with van der Waals surface area (Å²) in [6.45, 7) is 4.91. The molecule has 0 aliphatic carbocycles. The van der Waals surface area contributed by atoms with Gasteiger partial charge in [-0.15, -0.1) is 0 Å². The molecule has 0 spiro atoms. The highest BCUT2D eigenvalue weighted by Gasteiger charge is 2.10. The molecule has 0 radical (unpaired) electrons. The van der Waals surface area contributed by atoms with Crippen LogP contribution in [0, 0.1) is 5.82 Å². The summed E-state index contributed by atoms with van der Waals surface area (Å²) < 4.78 is 18.4. The number of nitrogens with zero attached hydrogens (tertiary/aromatic N) is 1. The number of carbonyl (C=O) groups is 1. The van der Waals surface area contributed by atoms with Crippen LogP contribution >= 0.6 is 0 Å². The molecule has 110 valence electrons. The number of amides is 1. The highest BCUT2D eigenvalue weighted by Crippen LogP contribution is 2.10. The van der Waals surface area contributed by atoms with Gasteiger partial charge in [0.2, 0.25) is 0 Å². The smallest absolute Gasteiger partial charge is 0.251 e. The van der Waals surface area contributed by atoms with Crippen molar-refractivity contribution in [2.45, 2.75) is 6.42 Å². The van der Waals surface area contributed by atoms with Gasteiger partial charge in [-0.3, -0.25) is 9.69 Å². The van der Waals surface area contributed by atoms with Crippen LogP contribution < -0.4 is 11.1 Å². The number of hydrogen-bond donors (Lipinski definition) is 2. The van der Waals surface area contributed by atoms with Crippen molar-refractivity contribution in [3.8, 4) is 0 Å².